The summed E-state index contributed by atoms with van der Waals surface area (Å²) in [6.07, 6.45) is 4.81. The SMILES string of the molecule is CCCCC(=O)Nc1cc(C)nn1-c1nc2c(c(=O)[nH]1)CCC2. The molecule has 1 aliphatic rings. The number of amides is 1. The Balaban J connectivity index is 1.93. The summed E-state index contributed by atoms with van der Waals surface area (Å²) >= 11 is 0. The number of carbonyl (C=O) groups is 1. The molecule has 1 amide bonds. The molecule has 2 N–H and O–H groups in total. The van der Waals surface area contributed by atoms with Crippen molar-refractivity contribution in [2.45, 2.75) is 52.4 Å². The van der Waals surface area contributed by atoms with Crippen molar-refractivity contribution in [2.24, 2.45) is 0 Å². The second kappa shape index (κ2) is 6.36. The van der Waals surface area contributed by atoms with Crippen LogP contribution in [0.1, 0.15) is 49.6 Å². The van der Waals surface area contributed by atoms with Gasteiger partial charge < -0.3 is 5.32 Å². The highest BCUT2D eigenvalue weighted by Gasteiger charge is 2.19. The summed E-state index contributed by atoms with van der Waals surface area (Å²) in [5.41, 5.74) is 2.24. The predicted molar refractivity (Wildman–Crippen MR) is 86.9 cm³/mol. The molecule has 2 aromatic heterocycles. The first kappa shape index (κ1) is 15.5. The van der Waals surface area contributed by atoms with E-state index in [1.54, 1.807) is 6.07 Å². The molecule has 2 aromatic rings. The van der Waals surface area contributed by atoms with Gasteiger partial charge in [0.05, 0.1) is 11.4 Å². The minimum Gasteiger partial charge on any atom is -0.310 e. The van der Waals surface area contributed by atoms with E-state index in [0.29, 0.717) is 18.2 Å². The Morgan fingerprint density at radius 3 is 3.04 bits per heavy atom. The summed E-state index contributed by atoms with van der Waals surface area (Å²) in [7, 11) is 0. The molecule has 7 heteroatoms. The quantitative estimate of drug-likeness (QED) is 0.881. The first-order valence-electron chi connectivity index (χ1n) is 8.07. The van der Waals surface area contributed by atoms with Gasteiger partial charge >= 0.3 is 0 Å². The summed E-state index contributed by atoms with van der Waals surface area (Å²) in [6, 6.07) is 1.77. The summed E-state index contributed by atoms with van der Waals surface area (Å²) in [6.45, 7) is 3.88. The van der Waals surface area contributed by atoms with Crippen LogP contribution in [0.3, 0.4) is 0 Å². The Morgan fingerprint density at radius 2 is 2.26 bits per heavy atom. The molecule has 3 rings (SSSR count). The smallest absolute Gasteiger partial charge is 0.255 e. The van der Waals surface area contributed by atoms with E-state index in [0.717, 1.165) is 49.1 Å². The van der Waals surface area contributed by atoms with Crippen LogP contribution < -0.4 is 10.9 Å². The zero-order valence-electron chi connectivity index (χ0n) is 13.5. The van der Waals surface area contributed by atoms with Gasteiger partial charge in [0.25, 0.3) is 5.56 Å². The third-order valence-corrected chi connectivity index (χ3v) is 3.99. The maximum absolute atomic E-state index is 12.2. The molecule has 0 aliphatic heterocycles. The lowest BCUT2D eigenvalue weighted by Crippen LogP contribution is -2.21. The lowest BCUT2D eigenvalue weighted by atomic mass is 10.2. The van der Waals surface area contributed by atoms with E-state index in [9.17, 15) is 9.59 Å². The molecule has 0 radical (unpaired) electrons. The number of hydrogen-bond acceptors (Lipinski definition) is 4. The number of aromatic nitrogens is 4. The monoisotopic (exact) mass is 315 g/mol. The minimum atomic E-state index is -0.112. The Kier molecular flexibility index (Phi) is 4.27. The molecule has 2 heterocycles. The molecule has 0 saturated heterocycles. The van der Waals surface area contributed by atoms with Gasteiger partial charge in [-0.1, -0.05) is 13.3 Å². The summed E-state index contributed by atoms with van der Waals surface area (Å²) in [4.78, 5) is 31.4. The zero-order chi connectivity index (χ0) is 16.4. The third kappa shape index (κ3) is 3.18. The Bertz CT molecular complexity index is 790. The van der Waals surface area contributed by atoms with Gasteiger partial charge in [-0.3, -0.25) is 14.6 Å². The average Bonchev–Trinajstić information content (AvgIpc) is 3.11. The van der Waals surface area contributed by atoms with Crippen LogP contribution in [-0.4, -0.2) is 25.7 Å². The molecule has 7 nitrogen and oxygen atoms in total. The van der Waals surface area contributed by atoms with Crippen molar-refractivity contribution in [3.8, 4) is 5.95 Å². The second-order valence-electron chi connectivity index (χ2n) is 5.90. The molecule has 0 spiro atoms. The van der Waals surface area contributed by atoms with Gasteiger partial charge in [-0.25, -0.2) is 4.98 Å². The van der Waals surface area contributed by atoms with Crippen molar-refractivity contribution >= 4 is 11.7 Å². The summed E-state index contributed by atoms with van der Waals surface area (Å²) < 4.78 is 1.50. The van der Waals surface area contributed by atoms with Crippen molar-refractivity contribution in [3.63, 3.8) is 0 Å². The molecule has 23 heavy (non-hydrogen) atoms. The molecule has 1 aliphatic carbocycles. The van der Waals surface area contributed by atoms with Crippen molar-refractivity contribution in [3.05, 3.63) is 33.4 Å². The zero-order valence-corrected chi connectivity index (χ0v) is 13.5. The number of unbranched alkanes of at least 4 members (excludes halogenated alkanes) is 1. The number of fused-ring (bicyclic) bond motifs is 1. The molecule has 0 atom stereocenters. The second-order valence-corrected chi connectivity index (χ2v) is 5.90. The fourth-order valence-corrected chi connectivity index (χ4v) is 2.82. The number of nitrogens with one attached hydrogen (secondary N) is 2. The lowest BCUT2D eigenvalue weighted by Gasteiger charge is -2.09. The van der Waals surface area contributed by atoms with Gasteiger partial charge in [0.2, 0.25) is 11.9 Å². The fourth-order valence-electron chi connectivity index (χ4n) is 2.82. The number of aromatic amines is 1. The van der Waals surface area contributed by atoms with Crippen molar-refractivity contribution < 1.29 is 4.79 Å². The van der Waals surface area contributed by atoms with Crippen molar-refractivity contribution in [1.82, 2.24) is 19.7 Å². The van der Waals surface area contributed by atoms with E-state index in [-0.39, 0.29) is 11.5 Å². The molecular weight excluding hydrogens is 294 g/mol. The number of hydrogen-bond donors (Lipinski definition) is 2. The van der Waals surface area contributed by atoms with Gasteiger partial charge in [-0.2, -0.15) is 9.78 Å². The van der Waals surface area contributed by atoms with Crippen LogP contribution in [-0.2, 0) is 17.6 Å². The van der Waals surface area contributed by atoms with Gasteiger partial charge in [-0.05, 0) is 32.6 Å². The predicted octanol–water partition coefficient (Wildman–Crippen LogP) is 1.88. The topological polar surface area (TPSA) is 92.7 Å². The van der Waals surface area contributed by atoms with E-state index in [2.05, 4.69) is 20.4 Å². The highest BCUT2D eigenvalue weighted by atomic mass is 16.1. The van der Waals surface area contributed by atoms with E-state index >= 15 is 0 Å². The molecule has 0 aromatic carbocycles. The lowest BCUT2D eigenvalue weighted by molar-refractivity contribution is -0.116. The summed E-state index contributed by atoms with van der Waals surface area (Å²) in [5.74, 6) is 0.829. The molecule has 0 saturated carbocycles. The van der Waals surface area contributed by atoms with Crippen molar-refractivity contribution in [2.75, 3.05) is 5.32 Å². The Labute approximate surface area is 134 Å². The number of nitrogens with zero attached hydrogens (tertiary/aromatic N) is 3. The largest absolute Gasteiger partial charge is 0.310 e. The fraction of sp³-hybridized carbons (Fsp3) is 0.500. The molecular formula is C16H21N5O2. The van der Waals surface area contributed by atoms with E-state index in [4.69, 9.17) is 0 Å². The summed E-state index contributed by atoms with van der Waals surface area (Å²) in [5, 5.41) is 7.20. The number of anilines is 1. The Morgan fingerprint density at radius 1 is 1.43 bits per heavy atom. The van der Waals surface area contributed by atoms with E-state index < -0.39 is 0 Å². The van der Waals surface area contributed by atoms with Crippen LogP contribution in [0.2, 0.25) is 0 Å². The normalized spacial score (nSPS) is 13.1. The highest BCUT2D eigenvalue weighted by molar-refractivity contribution is 5.90. The highest BCUT2D eigenvalue weighted by Crippen LogP contribution is 2.19. The van der Waals surface area contributed by atoms with Crippen molar-refractivity contribution in [1.29, 1.82) is 0 Å². The van der Waals surface area contributed by atoms with Gasteiger partial charge in [-0.15, -0.1) is 0 Å². The average molecular weight is 315 g/mol. The number of aryl methyl sites for hydroxylation is 2. The Hall–Kier alpha value is -2.44. The first-order chi connectivity index (χ1) is 11.1. The van der Waals surface area contributed by atoms with Crippen LogP contribution in [0.5, 0.6) is 0 Å². The number of carbonyl (C=O) groups excluding carboxylic acids is 1. The first-order valence-corrected chi connectivity index (χ1v) is 8.07. The number of H-pyrrole nitrogens is 1. The molecule has 122 valence electrons. The van der Waals surface area contributed by atoms with Gasteiger partial charge in [0.1, 0.15) is 5.82 Å². The number of rotatable bonds is 5. The van der Waals surface area contributed by atoms with Crippen LogP contribution in [0, 0.1) is 6.92 Å². The maximum Gasteiger partial charge on any atom is 0.255 e. The van der Waals surface area contributed by atoms with E-state index in [1.807, 2.05) is 13.8 Å². The van der Waals surface area contributed by atoms with Gasteiger partial charge in [0, 0.05) is 18.1 Å². The third-order valence-electron chi connectivity index (χ3n) is 3.99. The standard InChI is InChI=1S/C16H21N5O2/c1-3-4-8-14(22)18-13-9-10(2)20-21(13)16-17-12-7-5-6-11(12)15(23)19-16/h9H,3-8H2,1-2H3,(H,18,22)(H,17,19,23). The van der Waals surface area contributed by atoms with Crippen LogP contribution in [0.25, 0.3) is 5.95 Å². The molecule has 0 fully saturated rings. The molecule has 0 unspecified atom stereocenters. The van der Waals surface area contributed by atoms with Gasteiger partial charge in [0.15, 0.2) is 0 Å². The van der Waals surface area contributed by atoms with E-state index in [1.165, 1.54) is 4.68 Å². The van der Waals surface area contributed by atoms with Crippen LogP contribution in [0.15, 0.2) is 10.9 Å². The van der Waals surface area contributed by atoms with Crippen LogP contribution >= 0.6 is 0 Å². The van der Waals surface area contributed by atoms with Crippen LogP contribution in [0.4, 0.5) is 5.82 Å². The molecule has 0 bridgehead atoms. The maximum atomic E-state index is 12.2. The minimum absolute atomic E-state index is 0.0588.